The highest BCUT2D eigenvalue weighted by molar-refractivity contribution is 5.98. The first-order valence-corrected chi connectivity index (χ1v) is 7.16. The highest BCUT2D eigenvalue weighted by Gasteiger charge is 2.06. The van der Waals surface area contributed by atoms with E-state index >= 15 is 0 Å². The molecule has 0 heterocycles. The van der Waals surface area contributed by atoms with E-state index < -0.39 is 5.91 Å². The third kappa shape index (κ3) is 3.12. The van der Waals surface area contributed by atoms with Crippen LogP contribution in [0.3, 0.4) is 0 Å². The number of carbonyl (C=O) groups excluding carboxylic acids is 1. The second-order valence-electron chi connectivity index (χ2n) is 5.07. The monoisotopic (exact) mass is 319 g/mol. The van der Waals surface area contributed by atoms with Crippen LogP contribution in [0, 0.1) is 4.91 Å². The lowest BCUT2D eigenvalue weighted by Gasteiger charge is -2.04. The third-order valence-electron chi connectivity index (χ3n) is 3.52. The predicted octanol–water partition coefficient (Wildman–Crippen LogP) is 3.71. The maximum atomic E-state index is 12.0. The summed E-state index contributed by atoms with van der Waals surface area (Å²) in [6, 6.07) is 17.0. The molecule has 0 bridgehead atoms. The quantitative estimate of drug-likeness (QED) is 0.436. The van der Waals surface area contributed by atoms with Crippen LogP contribution in [0.15, 0.2) is 70.9 Å². The summed E-state index contributed by atoms with van der Waals surface area (Å²) < 4.78 is 0. The molecular weight excluding hydrogens is 306 g/mol. The molecule has 0 saturated carbocycles. The minimum atomic E-state index is -0.475. The minimum Gasteiger partial charge on any atom is -0.507 e. The van der Waals surface area contributed by atoms with Crippen LogP contribution in [0.1, 0.15) is 15.9 Å². The van der Waals surface area contributed by atoms with Crippen molar-refractivity contribution in [2.24, 2.45) is 10.3 Å². The Balaban J connectivity index is 1.77. The number of hydrogen-bond donors (Lipinski definition) is 2. The van der Waals surface area contributed by atoms with Crippen molar-refractivity contribution in [3.05, 3.63) is 76.7 Å². The van der Waals surface area contributed by atoms with Crippen molar-refractivity contribution >= 4 is 28.6 Å². The Morgan fingerprint density at radius 1 is 1.04 bits per heavy atom. The van der Waals surface area contributed by atoms with Crippen molar-refractivity contribution in [3.63, 3.8) is 0 Å². The van der Waals surface area contributed by atoms with E-state index in [0.717, 1.165) is 5.39 Å². The number of hydrogen-bond acceptors (Lipinski definition) is 5. The largest absolute Gasteiger partial charge is 0.507 e. The van der Waals surface area contributed by atoms with E-state index in [4.69, 9.17) is 0 Å². The Labute approximate surface area is 137 Å². The van der Waals surface area contributed by atoms with Gasteiger partial charge in [-0.15, -0.1) is 4.91 Å². The van der Waals surface area contributed by atoms with E-state index in [0.29, 0.717) is 10.9 Å². The van der Waals surface area contributed by atoms with Crippen LogP contribution in [-0.2, 0) is 0 Å². The number of aromatic hydroxyl groups is 1. The first-order chi connectivity index (χ1) is 11.7. The lowest BCUT2D eigenvalue weighted by Crippen LogP contribution is -2.17. The van der Waals surface area contributed by atoms with Gasteiger partial charge in [0.1, 0.15) is 11.4 Å². The Bertz CT molecular complexity index is 951. The first-order valence-electron chi connectivity index (χ1n) is 7.16. The number of nitrogens with zero attached hydrogens (tertiary/aromatic N) is 2. The molecule has 1 amide bonds. The number of phenolic OH excluding ortho intramolecular Hbond substituents is 1. The Morgan fingerprint density at radius 2 is 1.88 bits per heavy atom. The summed E-state index contributed by atoms with van der Waals surface area (Å²) in [5.41, 5.74) is 3.27. The number of phenols is 1. The van der Waals surface area contributed by atoms with E-state index in [9.17, 15) is 14.8 Å². The summed E-state index contributed by atoms with van der Waals surface area (Å²) in [4.78, 5) is 22.5. The molecule has 0 unspecified atom stereocenters. The van der Waals surface area contributed by atoms with Gasteiger partial charge in [0.15, 0.2) is 0 Å². The van der Waals surface area contributed by atoms with Crippen LogP contribution in [0.5, 0.6) is 5.75 Å². The summed E-state index contributed by atoms with van der Waals surface area (Å²) >= 11 is 0. The first kappa shape index (κ1) is 15.4. The smallest absolute Gasteiger partial charge is 0.271 e. The molecule has 0 radical (unpaired) electrons. The van der Waals surface area contributed by atoms with E-state index in [2.05, 4.69) is 15.7 Å². The van der Waals surface area contributed by atoms with Crippen molar-refractivity contribution in [3.8, 4) is 5.75 Å². The van der Waals surface area contributed by atoms with Crippen LogP contribution in [-0.4, -0.2) is 17.2 Å². The second kappa shape index (κ2) is 6.70. The van der Waals surface area contributed by atoms with Crippen molar-refractivity contribution in [1.29, 1.82) is 0 Å². The number of carbonyl (C=O) groups is 1. The molecule has 0 aliphatic carbocycles. The van der Waals surface area contributed by atoms with Crippen LogP contribution in [0.2, 0.25) is 0 Å². The van der Waals surface area contributed by atoms with E-state index in [1.54, 1.807) is 24.3 Å². The van der Waals surface area contributed by atoms with Crippen molar-refractivity contribution in [2.45, 2.75) is 0 Å². The van der Waals surface area contributed by atoms with Crippen molar-refractivity contribution in [1.82, 2.24) is 5.43 Å². The van der Waals surface area contributed by atoms with E-state index in [1.807, 2.05) is 24.3 Å². The summed E-state index contributed by atoms with van der Waals surface area (Å²) in [5.74, 6) is -0.379. The number of rotatable bonds is 4. The molecule has 0 fully saturated rings. The second-order valence-corrected chi connectivity index (χ2v) is 5.07. The lowest BCUT2D eigenvalue weighted by molar-refractivity contribution is 0.0955. The average Bonchev–Trinajstić information content (AvgIpc) is 2.63. The molecule has 6 heteroatoms. The van der Waals surface area contributed by atoms with Gasteiger partial charge in [0, 0.05) is 16.5 Å². The molecule has 0 saturated heterocycles. The molecule has 0 aromatic heterocycles. The van der Waals surface area contributed by atoms with Gasteiger partial charge in [0.05, 0.1) is 6.21 Å². The highest BCUT2D eigenvalue weighted by Crippen LogP contribution is 2.27. The molecule has 3 aromatic rings. The maximum Gasteiger partial charge on any atom is 0.271 e. The fourth-order valence-corrected chi connectivity index (χ4v) is 2.31. The fraction of sp³-hybridized carbons (Fsp3) is 0. The molecular formula is C18H13N3O3. The zero-order valence-electron chi connectivity index (χ0n) is 12.5. The minimum absolute atomic E-state index is 0.0956. The molecule has 118 valence electrons. The SMILES string of the molecule is O=Nc1cccc(C(=O)N/N=C/c2ccc3ccccc3c2O)c1. The molecule has 0 atom stereocenters. The summed E-state index contributed by atoms with van der Waals surface area (Å²) in [5, 5.41) is 18.5. The standard InChI is InChI=1S/C18H13N3O3/c22-17-14(9-8-12-4-1-2-7-16(12)17)11-19-20-18(23)13-5-3-6-15(10-13)21-24/h1-11,22H,(H,20,23)/b19-11+. The van der Waals surface area contributed by atoms with Gasteiger partial charge in [-0.25, -0.2) is 5.43 Å². The summed E-state index contributed by atoms with van der Waals surface area (Å²) in [6.45, 7) is 0. The number of fused-ring (bicyclic) bond motifs is 1. The predicted molar refractivity (Wildman–Crippen MR) is 92.6 cm³/mol. The van der Waals surface area contributed by atoms with E-state index in [-0.39, 0.29) is 17.0 Å². The Morgan fingerprint density at radius 3 is 2.71 bits per heavy atom. The van der Waals surface area contributed by atoms with Crippen LogP contribution < -0.4 is 5.43 Å². The van der Waals surface area contributed by atoms with Gasteiger partial charge in [0.2, 0.25) is 0 Å². The van der Waals surface area contributed by atoms with Crippen molar-refractivity contribution < 1.29 is 9.90 Å². The van der Waals surface area contributed by atoms with Gasteiger partial charge in [-0.3, -0.25) is 4.79 Å². The van der Waals surface area contributed by atoms with Crippen LogP contribution >= 0.6 is 0 Å². The number of nitroso groups, excluding NO2 is 1. The van der Waals surface area contributed by atoms with Crippen molar-refractivity contribution in [2.75, 3.05) is 0 Å². The molecule has 0 spiro atoms. The Hall–Kier alpha value is -3.54. The zero-order chi connectivity index (χ0) is 16.9. The van der Waals surface area contributed by atoms with Gasteiger partial charge in [-0.05, 0) is 34.8 Å². The van der Waals surface area contributed by atoms with Crippen LogP contribution in [0.25, 0.3) is 10.8 Å². The summed E-state index contributed by atoms with van der Waals surface area (Å²) in [6.07, 6.45) is 1.36. The molecule has 6 nitrogen and oxygen atoms in total. The molecule has 24 heavy (non-hydrogen) atoms. The zero-order valence-corrected chi connectivity index (χ0v) is 12.5. The molecule has 3 rings (SSSR count). The van der Waals surface area contributed by atoms with Crippen LogP contribution in [0.4, 0.5) is 5.69 Å². The van der Waals surface area contributed by atoms with Gasteiger partial charge >= 0.3 is 0 Å². The average molecular weight is 319 g/mol. The number of nitrogens with one attached hydrogen (secondary N) is 1. The molecule has 3 aromatic carbocycles. The third-order valence-corrected chi connectivity index (χ3v) is 3.52. The topological polar surface area (TPSA) is 91.1 Å². The highest BCUT2D eigenvalue weighted by atomic mass is 16.3. The number of amides is 1. The number of hydrazone groups is 1. The molecule has 0 aliphatic rings. The Kier molecular flexibility index (Phi) is 4.29. The van der Waals surface area contributed by atoms with Gasteiger partial charge in [-0.1, -0.05) is 36.4 Å². The van der Waals surface area contributed by atoms with Gasteiger partial charge in [0.25, 0.3) is 5.91 Å². The summed E-state index contributed by atoms with van der Waals surface area (Å²) in [7, 11) is 0. The van der Waals surface area contributed by atoms with Gasteiger partial charge < -0.3 is 5.11 Å². The maximum absolute atomic E-state index is 12.0. The lowest BCUT2D eigenvalue weighted by atomic mass is 10.1. The normalized spacial score (nSPS) is 10.8. The fourth-order valence-electron chi connectivity index (χ4n) is 2.31. The molecule has 2 N–H and O–H groups in total. The molecule has 0 aliphatic heterocycles. The van der Waals surface area contributed by atoms with Gasteiger partial charge in [-0.2, -0.15) is 5.10 Å². The van der Waals surface area contributed by atoms with E-state index in [1.165, 1.54) is 18.3 Å². The number of benzene rings is 3.